The number of nitrogens with zero attached hydrogens (tertiary/aromatic N) is 6. The minimum Gasteiger partial charge on any atom is -0.462 e. The number of fused-ring (bicyclic) bond motifs is 1. The zero-order valence-corrected chi connectivity index (χ0v) is 19.0. The van der Waals surface area contributed by atoms with Crippen molar-refractivity contribution in [3.8, 4) is 10.8 Å². The van der Waals surface area contributed by atoms with Gasteiger partial charge in [0.25, 0.3) is 11.5 Å². The van der Waals surface area contributed by atoms with Gasteiger partial charge in [-0.05, 0) is 24.3 Å². The lowest BCUT2D eigenvalue weighted by Gasteiger charge is -2.34. The van der Waals surface area contributed by atoms with Gasteiger partial charge in [-0.15, -0.1) is 11.3 Å². The maximum atomic E-state index is 13.0. The topological polar surface area (TPSA) is 106 Å². The van der Waals surface area contributed by atoms with Crippen molar-refractivity contribution in [2.75, 3.05) is 26.2 Å². The van der Waals surface area contributed by atoms with Gasteiger partial charge in [-0.2, -0.15) is 0 Å². The number of thiazole rings is 1. The Hall–Kier alpha value is -3.57. The first-order valence-electron chi connectivity index (χ1n) is 10.5. The van der Waals surface area contributed by atoms with Gasteiger partial charge in [0.05, 0.1) is 17.3 Å². The quantitative estimate of drug-likeness (QED) is 0.446. The van der Waals surface area contributed by atoms with Crippen LogP contribution in [0.5, 0.6) is 0 Å². The molecule has 4 aromatic heterocycles. The fraction of sp³-hybridized carbons (Fsp3) is 0.318. The Morgan fingerprint density at radius 1 is 1.06 bits per heavy atom. The summed E-state index contributed by atoms with van der Waals surface area (Å²) in [5.41, 5.74) is 0.510. The minimum absolute atomic E-state index is 0.210. The highest BCUT2D eigenvalue weighted by molar-refractivity contribution is 7.13. The summed E-state index contributed by atoms with van der Waals surface area (Å²) < 4.78 is 7.73. The van der Waals surface area contributed by atoms with E-state index in [2.05, 4.69) is 14.9 Å². The second-order valence-electron chi connectivity index (χ2n) is 7.96. The summed E-state index contributed by atoms with van der Waals surface area (Å²) in [6.45, 7) is 3.25. The number of carbonyl (C=O) groups is 1. The molecular weight excluding hydrogens is 444 g/mol. The Kier molecular flexibility index (Phi) is 5.43. The Bertz CT molecular complexity index is 1440. The Morgan fingerprint density at radius 3 is 2.58 bits per heavy atom. The predicted octanol–water partition coefficient (Wildman–Crippen LogP) is 1.31. The monoisotopic (exact) mass is 466 g/mol. The Balaban J connectivity index is 1.26. The van der Waals surface area contributed by atoms with E-state index in [1.165, 1.54) is 11.6 Å². The lowest BCUT2D eigenvalue weighted by molar-refractivity contribution is 0.0622. The van der Waals surface area contributed by atoms with Crippen LogP contribution < -0.4 is 11.2 Å². The standard InChI is InChI=1S/C22H22N6O4S/c1-25-18-15(20(29)26(2)22(25)31)5-6-16(24-18)21(30)28-9-7-27(8-10-28)12-14-13-33-19(23-14)17-4-3-11-32-17/h3-6,11,13H,7-10,12H2,1-2H3. The molecule has 0 saturated carbocycles. The third kappa shape index (κ3) is 3.89. The van der Waals surface area contributed by atoms with Crippen LogP contribution in [-0.4, -0.2) is 61.0 Å². The number of furan rings is 1. The number of rotatable bonds is 4. The van der Waals surface area contributed by atoms with E-state index in [4.69, 9.17) is 4.42 Å². The van der Waals surface area contributed by atoms with Gasteiger partial charge in [0.1, 0.15) is 11.3 Å². The number of hydrogen-bond donors (Lipinski definition) is 0. The third-order valence-corrected chi connectivity index (χ3v) is 6.76. The van der Waals surface area contributed by atoms with Crippen molar-refractivity contribution in [3.63, 3.8) is 0 Å². The molecule has 0 N–H and O–H groups in total. The number of piperazine rings is 1. The third-order valence-electron chi connectivity index (χ3n) is 5.85. The van der Waals surface area contributed by atoms with Crippen molar-refractivity contribution in [1.29, 1.82) is 0 Å². The number of hydrogen-bond acceptors (Lipinski definition) is 8. The summed E-state index contributed by atoms with van der Waals surface area (Å²) in [6.07, 6.45) is 1.64. The van der Waals surface area contributed by atoms with E-state index in [1.807, 2.05) is 17.5 Å². The average molecular weight is 467 g/mol. The van der Waals surface area contributed by atoms with Gasteiger partial charge in [-0.1, -0.05) is 0 Å². The summed E-state index contributed by atoms with van der Waals surface area (Å²) in [4.78, 5) is 50.6. The maximum Gasteiger partial charge on any atom is 0.332 e. The van der Waals surface area contributed by atoms with Gasteiger partial charge in [-0.3, -0.25) is 23.6 Å². The van der Waals surface area contributed by atoms with E-state index in [0.717, 1.165) is 21.0 Å². The summed E-state index contributed by atoms with van der Waals surface area (Å²) in [6, 6.07) is 6.85. The van der Waals surface area contributed by atoms with Crippen LogP contribution in [0.25, 0.3) is 21.8 Å². The van der Waals surface area contributed by atoms with Crippen LogP contribution in [0.3, 0.4) is 0 Å². The molecule has 10 nitrogen and oxygen atoms in total. The number of amides is 1. The van der Waals surface area contributed by atoms with Gasteiger partial charge in [0, 0.05) is 52.2 Å². The van der Waals surface area contributed by atoms with E-state index in [-0.39, 0.29) is 17.2 Å². The Morgan fingerprint density at radius 2 is 1.85 bits per heavy atom. The minimum atomic E-state index is -0.476. The van der Waals surface area contributed by atoms with Crippen molar-refractivity contribution < 1.29 is 9.21 Å². The van der Waals surface area contributed by atoms with Crippen molar-refractivity contribution in [1.82, 2.24) is 28.9 Å². The van der Waals surface area contributed by atoms with Crippen molar-refractivity contribution >= 4 is 28.3 Å². The lowest BCUT2D eigenvalue weighted by atomic mass is 10.2. The summed E-state index contributed by atoms with van der Waals surface area (Å²) in [5.74, 6) is 0.554. The number of carbonyl (C=O) groups excluding carboxylic acids is 1. The molecule has 4 aromatic rings. The zero-order chi connectivity index (χ0) is 23.1. The van der Waals surface area contributed by atoms with Gasteiger partial charge in [0.2, 0.25) is 0 Å². The number of aromatic nitrogens is 4. The lowest BCUT2D eigenvalue weighted by Crippen LogP contribution is -2.48. The van der Waals surface area contributed by atoms with E-state index in [9.17, 15) is 14.4 Å². The van der Waals surface area contributed by atoms with Gasteiger partial charge >= 0.3 is 5.69 Å². The SMILES string of the molecule is Cn1c(=O)c2ccc(C(=O)N3CCN(Cc4csc(-c5ccco5)n4)CC3)nc2n(C)c1=O. The molecule has 0 bridgehead atoms. The van der Waals surface area contributed by atoms with Crippen molar-refractivity contribution in [2.24, 2.45) is 14.1 Å². The molecule has 1 aliphatic heterocycles. The fourth-order valence-corrected chi connectivity index (χ4v) is 4.74. The highest BCUT2D eigenvalue weighted by Crippen LogP contribution is 2.24. The van der Waals surface area contributed by atoms with Gasteiger partial charge in [0.15, 0.2) is 10.8 Å². The molecule has 0 spiro atoms. The van der Waals surface area contributed by atoms with Crippen LogP contribution in [-0.2, 0) is 20.6 Å². The molecule has 11 heteroatoms. The molecule has 0 atom stereocenters. The normalized spacial score (nSPS) is 14.8. The van der Waals surface area contributed by atoms with Crippen LogP contribution in [0.1, 0.15) is 16.2 Å². The molecule has 0 unspecified atom stereocenters. The molecule has 0 aliphatic carbocycles. The molecule has 0 aromatic carbocycles. The first-order chi connectivity index (χ1) is 15.9. The van der Waals surface area contributed by atoms with Gasteiger partial charge < -0.3 is 9.32 Å². The van der Waals surface area contributed by atoms with Gasteiger partial charge in [-0.25, -0.2) is 14.8 Å². The van der Waals surface area contributed by atoms with E-state index >= 15 is 0 Å². The first-order valence-corrected chi connectivity index (χ1v) is 11.4. The van der Waals surface area contributed by atoms with Crippen LogP contribution in [0, 0.1) is 0 Å². The largest absolute Gasteiger partial charge is 0.462 e. The second kappa shape index (κ2) is 8.41. The first kappa shape index (κ1) is 21.3. The van der Waals surface area contributed by atoms with Crippen LogP contribution in [0.15, 0.2) is 49.9 Å². The van der Waals surface area contributed by atoms with Crippen LogP contribution >= 0.6 is 11.3 Å². The van der Waals surface area contributed by atoms with Crippen molar-refractivity contribution in [2.45, 2.75) is 6.54 Å². The highest BCUT2D eigenvalue weighted by atomic mass is 32.1. The van der Waals surface area contributed by atoms with Crippen LogP contribution in [0.4, 0.5) is 0 Å². The molecule has 5 rings (SSSR count). The fourth-order valence-electron chi connectivity index (χ4n) is 3.97. The average Bonchev–Trinajstić information content (AvgIpc) is 3.53. The molecular formula is C22H22N6O4S. The zero-order valence-electron chi connectivity index (χ0n) is 18.2. The summed E-state index contributed by atoms with van der Waals surface area (Å²) in [5, 5.41) is 3.19. The van der Waals surface area contributed by atoms with Crippen molar-refractivity contribution in [3.05, 3.63) is 68.1 Å². The Labute approximate surface area is 192 Å². The molecule has 33 heavy (non-hydrogen) atoms. The maximum absolute atomic E-state index is 13.0. The molecule has 1 fully saturated rings. The number of aryl methyl sites for hydroxylation is 1. The molecule has 0 radical (unpaired) electrons. The van der Waals surface area contributed by atoms with E-state index in [1.54, 1.807) is 41.7 Å². The highest BCUT2D eigenvalue weighted by Gasteiger charge is 2.24. The second-order valence-corrected chi connectivity index (χ2v) is 8.82. The molecule has 1 amide bonds. The van der Waals surface area contributed by atoms with E-state index in [0.29, 0.717) is 38.1 Å². The molecule has 1 aliphatic rings. The molecule has 1 saturated heterocycles. The number of pyridine rings is 1. The smallest absolute Gasteiger partial charge is 0.332 e. The van der Waals surface area contributed by atoms with Crippen LogP contribution in [0.2, 0.25) is 0 Å². The summed E-state index contributed by atoms with van der Waals surface area (Å²) in [7, 11) is 2.96. The predicted molar refractivity (Wildman–Crippen MR) is 123 cm³/mol. The summed E-state index contributed by atoms with van der Waals surface area (Å²) >= 11 is 1.55. The molecule has 170 valence electrons. The molecule has 5 heterocycles. The van der Waals surface area contributed by atoms with E-state index < -0.39 is 11.2 Å².